The molecule has 0 aliphatic heterocycles. The second-order valence-corrected chi connectivity index (χ2v) is 5.98. The van der Waals surface area contributed by atoms with Gasteiger partial charge >= 0.3 is 0 Å². The van der Waals surface area contributed by atoms with E-state index >= 15 is 0 Å². The van der Waals surface area contributed by atoms with Gasteiger partial charge in [0.25, 0.3) is 0 Å². The number of benzene rings is 1. The van der Waals surface area contributed by atoms with Crippen molar-refractivity contribution < 1.29 is 5.11 Å². The lowest BCUT2D eigenvalue weighted by Gasteiger charge is -2.15. The highest BCUT2D eigenvalue weighted by atomic mass is 79.9. The highest BCUT2D eigenvalue weighted by molar-refractivity contribution is 9.10. The third-order valence-corrected chi connectivity index (χ3v) is 4.48. The summed E-state index contributed by atoms with van der Waals surface area (Å²) in [4.78, 5) is 1.37. The normalized spacial score (nSPS) is 12.6. The zero-order valence-electron chi connectivity index (χ0n) is 10.2. The number of nitrogens with one attached hydrogen (secondary N) is 1. The summed E-state index contributed by atoms with van der Waals surface area (Å²) in [5.41, 5.74) is 1.16. The molecule has 0 aliphatic carbocycles. The van der Waals surface area contributed by atoms with E-state index in [0.29, 0.717) is 6.04 Å². The SMILES string of the molecule is CCC(NCc1ccc(O)c(Br)c1)c1cccs1. The highest BCUT2D eigenvalue weighted by Crippen LogP contribution is 2.25. The third kappa shape index (κ3) is 3.34. The molecule has 96 valence electrons. The summed E-state index contributed by atoms with van der Waals surface area (Å²) < 4.78 is 0.742. The maximum atomic E-state index is 9.45. The fourth-order valence-corrected chi connectivity index (χ4v) is 3.15. The Labute approximate surface area is 120 Å². The van der Waals surface area contributed by atoms with Gasteiger partial charge in [0.15, 0.2) is 0 Å². The Bertz CT molecular complexity index is 499. The highest BCUT2D eigenvalue weighted by Gasteiger charge is 2.09. The Morgan fingerprint density at radius 1 is 1.39 bits per heavy atom. The molecule has 1 aromatic heterocycles. The van der Waals surface area contributed by atoms with E-state index in [4.69, 9.17) is 0 Å². The molecule has 0 amide bonds. The van der Waals surface area contributed by atoms with Crippen LogP contribution >= 0.6 is 27.3 Å². The van der Waals surface area contributed by atoms with Crippen molar-refractivity contribution in [2.75, 3.05) is 0 Å². The van der Waals surface area contributed by atoms with E-state index in [9.17, 15) is 5.11 Å². The van der Waals surface area contributed by atoms with Crippen LogP contribution < -0.4 is 5.32 Å². The van der Waals surface area contributed by atoms with Crippen LogP contribution in [-0.2, 0) is 6.54 Å². The molecule has 2 nitrogen and oxygen atoms in total. The molecule has 0 fully saturated rings. The average molecular weight is 326 g/mol. The molecular weight excluding hydrogens is 310 g/mol. The lowest BCUT2D eigenvalue weighted by molar-refractivity contribution is 0.471. The van der Waals surface area contributed by atoms with Crippen molar-refractivity contribution in [3.05, 3.63) is 50.6 Å². The molecule has 1 aromatic carbocycles. The first-order valence-electron chi connectivity index (χ1n) is 5.95. The number of hydrogen-bond acceptors (Lipinski definition) is 3. The molecule has 0 aliphatic rings. The van der Waals surface area contributed by atoms with Gasteiger partial charge in [-0.25, -0.2) is 0 Å². The van der Waals surface area contributed by atoms with Gasteiger partial charge in [0.1, 0.15) is 5.75 Å². The largest absolute Gasteiger partial charge is 0.507 e. The summed E-state index contributed by atoms with van der Waals surface area (Å²) >= 11 is 5.12. The topological polar surface area (TPSA) is 32.3 Å². The van der Waals surface area contributed by atoms with E-state index in [-0.39, 0.29) is 5.75 Å². The molecule has 2 aromatic rings. The van der Waals surface area contributed by atoms with Gasteiger partial charge in [0.05, 0.1) is 4.47 Å². The van der Waals surface area contributed by atoms with Crippen LogP contribution in [-0.4, -0.2) is 5.11 Å². The first-order valence-corrected chi connectivity index (χ1v) is 7.62. The predicted molar refractivity (Wildman–Crippen MR) is 80.0 cm³/mol. The molecular formula is C14H16BrNOS. The van der Waals surface area contributed by atoms with Crippen molar-refractivity contribution in [3.63, 3.8) is 0 Å². The van der Waals surface area contributed by atoms with E-state index in [0.717, 1.165) is 23.0 Å². The molecule has 0 saturated heterocycles. The van der Waals surface area contributed by atoms with E-state index in [1.54, 1.807) is 17.4 Å². The van der Waals surface area contributed by atoms with Gasteiger partial charge in [0, 0.05) is 17.5 Å². The summed E-state index contributed by atoms with van der Waals surface area (Å²) in [6.45, 7) is 2.99. The van der Waals surface area contributed by atoms with Crippen LogP contribution in [0.5, 0.6) is 5.75 Å². The fraction of sp³-hybridized carbons (Fsp3) is 0.286. The predicted octanol–water partition coefficient (Wildman–Crippen LogP) is 4.46. The minimum atomic E-state index is 0.282. The van der Waals surface area contributed by atoms with Crippen LogP contribution in [0.3, 0.4) is 0 Å². The van der Waals surface area contributed by atoms with Crippen molar-refractivity contribution in [2.45, 2.75) is 25.9 Å². The van der Waals surface area contributed by atoms with Gasteiger partial charge < -0.3 is 10.4 Å². The van der Waals surface area contributed by atoms with E-state index in [2.05, 4.69) is 45.7 Å². The van der Waals surface area contributed by atoms with Crippen molar-refractivity contribution in [1.82, 2.24) is 5.32 Å². The number of phenolic OH excluding ortho intramolecular Hbond substituents is 1. The second kappa shape index (κ2) is 6.36. The summed E-state index contributed by atoms with van der Waals surface area (Å²) in [6.07, 6.45) is 1.07. The van der Waals surface area contributed by atoms with Crippen LogP contribution in [0.15, 0.2) is 40.2 Å². The summed E-state index contributed by atoms with van der Waals surface area (Å²) in [7, 11) is 0. The first kappa shape index (κ1) is 13.6. The minimum Gasteiger partial charge on any atom is -0.507 e. The lowest BCUT2D eigenvalue weighted by atomic mass is 10.1. The summed E-state index contributed by atoms with van der Waals surface area (Å²) in [5.74, 6) is 0.282. The first-order chi connectivity index (χ1) is 8.70. The maximum Gasteiger partial charge on any atom is 0.129 e. The van der Waals surface area contributed by atoms with E-state index < -0.39 is 0 Å². The standard InChI is InChI=1S/C14H16BrNOS/c1-2-12(14-4-3-7-18-14)16-9-10-5-6-13(17)11(15)8-10/h3-8,12,16-17H,2,9H2,1H3. The molecule has 1 heterocycles. The van der Waals surface area contributed by atoms with Gasteiger partial charge in [-0.15, -0.1) is 11.3 Å². The van der Waals surface area contributed by atoms with Crippen LogP contribution in [0, 0.1) is 0 Å². The van der Waals surface area contributed by atoms with Gasteiger partial charge in [0.2, 0.25) is 0 Å². The maximum absolute atomic E-state index is 9.45. The number of phenols is 1. The zero-order chi connectivity index (χ0) is 13.0. The molecule has 1 atom stereocenters. The van der Waals surface area contributed by atoms with Gasteiger partial charge in [-0.05, 0) is 51.5 Å². The minimum absolute atomic E-state index is 0.282. The Kier molecular flexibility index (Phi) is 4.80. The van der Waals surface area contributed by atoms with Crippen molar-refractivity contribution >= 4 is 27.3 Å². The average Bonchev–Trinajstić information content (AvgIpc) is 2.88. The Hall–Kier alpha value is -0.840. The monoisotopic (exact) mass is 325 g/mol. The molecule has 0 bridgehead atoms. The van der Waals surface area contributed by atoms with E-state index in [1.807, 2.05) is 12.1 Å². The second-order valence-electron chi connectivity index (χ2n) is 4.14. The molecule has 0 radical (unpaired) electrons. The Morgan fingerprint density at radius 2 is 2.22 bits per heavy atom. The number of halogens is 1. The van der Waals surface area contributed by atoms with E-state index in [1.165, 1.54) is 4.88 Å². The molecule has 4 heteroatoms. The van der Waals surface area contributed by atoms with Crippen LogP contribution in [0.2, 0.25) is 0 Å². The molecule has 18 heavy (non-hydrogen) atoms. The fourth-order valence-electron chi connectivity index (χ4n) is 1.84. The third-order valence-electron chi connectivity index (χ3n) is 2.86. The Morgan fingerprint density at radius 3 is 2.83 bits per heavy atom. The smallest absolute Gasteiger partial charge is 0.129 e. The lowest BCUT2D eigenvalue weighted by Crippen LogP contribution is -2.19. The van der Waals surface area contributed by atoms with Crippen molar-refractivity contribution in [3.8, 4) is 5.75 Å². The number of aromatic hydroxyl groups is 1. The van der Waals surface area contributed by atoms with Gasteiger partial charge in [-0.3, -0.25) is 0 Å². The summed E-state index contributed by atoms with van der Waals surface area (Å²) in [5, 5.41) is 15.1. The molecule has 2 N–H and O–H groups in total. The summed E-state index contributed by atoms with van der Waals surface area (Å²) in [6, 6.07) is 10.3. The van der Waals surface area contributed by atoms with Gasteiger partial charge in [-0.2, -0.15) is 0 Å². The molecule has 0 spiro atoms. The van der Waals surface area contributed by atoms with Crippen molar-refractivity contribution in [2.24, 2.45) is 0 Å². The molecule has 1 unspecified atom stereocenters. The Balaban J connectivity index is 1.99. The number of hydrogen-bond donors (Lipinski definition) is 2. The van der Waals surface area contributed by atoms with Crippen LogP contribution in [0.4, 0.5) is 0 Å². The zero-order valence-corrected chi connectivity index (χ0v) is 12.6. The number of thiophene rings is 1. The molecule has 0 saturated carbocycles. The van der Waals surface area contributed by atoms with Crippen LogP contribution in [0.1, 0.15) is 29.8 Å². The molecule has 2 rings (SSSR count). The number of rotatable bonds is 5. The van der Waals surface area contributed by atoms with Gasteiger partial charge in [-0.1, -0.05) is 19.1 Å². The van der Waals surface area contributed by atoms with Crippen molar-refractivity contribution in [1.29, 1.82) is 0 Å². The quantitative estimate of drug-likeness (QED) is 0.850. The van der Waals surface area contributed by atoms with Crippen LogP contribution in [0.25, 0.3) is 0 Å².